The molecule has 1 aliphatic rings. The van der Waals surface area contributed by atoms with Crippen LogP contribution in [0.5, 0.6) is 0 Å². The Morgan fingerprint density at radius 2 is 1.86 bits per heavy atom. The molecule has 1 heterocycles. The van der Waals surface area contributed by atoms with E-state index in [-0.39, 0.29) is 11.6 Å². The van der Waals surface area contributed by atoms with Crippen LogP contribution in [-0.4, -0.2) is 36.6 Å². The predicted octanol–water partition coefficient (Wildman–Crippen LogP) is 3.36. The standard InChI is InChI=1S/C17H26F2N2/c1-17(2,21-10-5-4-6-11-21)15(20-3)12-13-8-7-9-14(18)16(13)19/h7-9,15,20H,4-6,10-12H2,1-3H3. The number of halogens is 2. The van der Waals surface area contributed by atoms with Crippen molar-refractivity contribution >= 4 is 0 Å². The van der Waals surface area contributed by atoms with E-state index in [0.717, 1.165) is 13.1 Å². The first-order valence-corrected chi connectivity index (χ1v) is 7.82. The van der Waals surface area contributed by atoms with Gasteiger partial charge in [0.2, 0.25) is 0 Å². The van der Waals surface area contributed by atoms with Gasteiger partial charge in [-0.05, 0) is 64.9 Å². The van der Waals surface area contributed by atoms with Crippen LogP contribution < -0.4 is 5.32 Å². The molecule has 1 aliphatic heterocycles. The summed E-state index contributed by atoms with van der Waals surface area (Å²) in [5.74, 6) is -1.48. The van der Waals surface area contributed by atoms with Crippen LogP contribution in [-0.2, 0) is 6.42 Å². The summed E-state index contributed by atoms with van der Waals surface area (Å²) in [6.07, 6.45) is 4.21. The molecule has 4 heteroatoms. The normalized spacial score (nSPS) is 18.7. The fraction of sp³-hybridized carbons (Fsp3) is 0.647. The zero-order chi connectivity index (χ0) is 15.5. The molecule has 1 aromatic carbocycles. The molecule has 1 saturated heterocycles. The van der Waals surface area contributed by atoms with Gasteiger partial charge in [0.15, 0.2) is 11.6 Å². The third kappa shape index (κ3) is 3.61. The Hall–Kier alpha value is -1.00. The average molecular weight is 296 g/mol. The lowest BCUT2D eigenvalue weighted by Crippen LogP contribution is -2.59. The van der Waals surface area contributed by atoms with Crippen molar-refractivity contribution in [2.45, 2.75) is 51.1 Å². The highest BCUT2D eigenvalue weighted by Crippen LogP contribution is 2.26. The number of hydrogen-bond donors (Lipinski definition) is 1. The quantitative estimate of drug-likeness (QED) is 0.896. The topological polar surface area (TPSA) is 15.3 Å². The van der Waals surface area contributed by atoms with Gasteiger partial charge in [-0.3, -0.25) is 4.90 Å². The van der Waals surface area contributed by atoms with Gasteiger partial charge in [-0.2, -0.15) is 0 Å². The number of likely N-dealkylation sites (N-methyl/N-ethyl adjacent to an activating group) is 1. The van der Waals surface area contributed by atoms with Gasteiger partial charge in [0, 0.05) is 11.6 Å². The average Bonchev–Trinajstić information content (AvgIpc) is 2.49. The van der Waals surface area contributed by atoms with Gasteiger partial charge in [0.25, 0.3) is 0 Å². The number of rotatable bonds is 5. The summed E-state index contributed by atoms with van der Waals surface area (Å²) < 4.78 is 27.3. The van der Waals surface area contributed by atoms with Gasteiger partial charge in [-0.25, -0.2) is 8.78 Å². The highest BCUT2D eigenvalue weighted by atomic mass is 19.2. The maximum atomic E-state index is 13.9. The number of hydrogen-bond acceptors (Lipinski definition) is 2. The third-order valence-electron chi connectivity index (χ3n) is 4.83. The Balaban J connectivity index is 2.16. The van der Waals surface area contributed by atoms with E-state index in [4.69, 9.17) is 0 Å². The lowest BCUT2D eigenvalue weighted by atomic mass is 9.86. The van der Waals surface area contributed by atoms with Crippen molar-refractivity contribution in [2.75, 3.05) is 20.1 Å². The molecule has 0 spiro atoms. The monoisotopic (exact) mass is 296 g/mol. The smallest absolute Gasteiger partial charge is 0.162 e. The Morgan fingerprint density at radius 3 is 2.48 bits per heavy atom. The lowest BCUT2D eigenvalue weighted by molar-refractivity contribution is 0.0632. The zero-order valence-corrected chi connectivity index (χ0v) is 13.3. The highest BCUT2D eigenvalue weighted by Gasteiger charge is 2.35. The highest BCUT2D eigenvalue weighted by molar-refractivity contribution is 5.21. The Morgan fingerprint density at radius 1 is 1.19 bits per heavy atom. The largest absolute Gasteiger partial charge is 0.315 e. The van der Waals surface area contributed by atoms with Gasteiger partial charge in [0.1, 0.15) is 0 Å². The van der Waals surface area contributed by atoms with Crippen molar-refractivity contribution in [3.8, 4) is 0 Å². The van der Waals surface area contributed by atoms with Crippen molar-refractivity contribution in [3.63, 3.8) is 0 Å². The summed E-state index contributed by atoms with van der Waals surface area (Å²) in [6, 6.07) is 4.50. The van der Waals surface area contributed by atoms with Crippen LogP contribution in [0.15, 0.2) is 18.2 Å². The van der Waals surface area contributed by atoms with Gasteiger partial charge < -0.3 is 5.32 Å². The minimum atomic E-state index is -0.766. The third-order valence-corrected chi connectivity index (χ3v) is 4.83. The van der Waals surface area contributed by atoms with Gasteiger partial charge in [0.05, 0.1) is 0 Å². The number of piperidine rings is 1. The molecule has 0 aromatic heterocycles. The van der Waals surface area contributed by atoms with E-state index in [1.165, 1.54) is 25.3 Å². The predicted molar refractivity (Wildman–Crippen MR) is 82.4 cm³/mol. The summed E-state index contributed by atoms with van der Waals surface area (Å²) in [5.41, 5.74) is 0.355. The van der Waals surface area contributed by atoms with E-state index in [1.54, 1.807) is 12.1 Å². The van der Waals surface area contributed by atoms with E-state index in [9.17, 15) is 8.78 Å². The SMILES string of the molecule is CNC(Cc1cccc(F)c1F)C(C)(C)N1CCCCC1. The van der Waals surface area contributed by atoms with Crippen molar-refractivity contribution in [2.24, 2.45) is 0 Å². The zero-order valence-electron chi connectivity index (χ0n) is 13.3. The number of benzene rings is 1. The molecule has 1 N–H and O–H groups in total. The van der Waals surface area contributed by atoms with E-state index in [2.05, 4.69) is 24.1 Å². The van der Waals surface area contributed by atoms with Crippen molar-refractivity contribution < 1.29 is 8.78 Å². The number of likely N-dealkylation sites (tertiary alicyclic amines) is 1. The molecule has 2 rings (SSSR count). The second-order valence-corrected chi connectivity index (χ2v) is 6.46. The van der Waals surface area contributed by atoms with Crippen LogP contribution in [0.4, 0.5) is 8.78 Å². The van der Waals surface area contributed by atoms with E-state index >= 15 is 0 Å². The van der Waals surface area contributed by atoms with Crippen molar-refractivity contribution in [1.82, 2.24) is 10.2 Å². The first-order chi connectivity index (χ1) is 9.96. The fourth-order valence-corrected chi connectivity index (χ4v) is 3.32. The first kappa shape index (κ1) is 16.4. The molecule has 1 fully saturated rings. The fourth-order valence-electron chi connectivity index (χ4n) is 3.32. The minimum Gasteiger partial charge on any atom is -0.315 e. The molecule has 118 valence electrons. The molecule has 0 aliphatic carbocycles. The van der Waals surface area contributed by atoms with E-state index in [0.29, 0.717) is 12.0 Å². The summed E-state index contributed by atoms with van der Waals surface area (Å²) in [4.78, 5) is 2.47. The minimum absolute atomic E-state index is 0.0758. The van der Waals surface area contributed by atoms with Crippen molar-refractivity contribution in [1.29, 1.82) is 0 Å². The molecule has 0 amide bonds. The molecule has 0 bridgehead atoms. The van der Waals surface area contributed by atoms with Crippen LogP contribution in [0.1, 0.15) is 38.7 Å². The Labute approximate surface area is 126 Å². The molecule has 2 nitrogen and oxygen atoms in total. The summed E-state index contributed by atoms with van der Waals surface area (Å²) in [7, 11) is 1.90. The van der Waals surface area contributed by atoms with Crippen LogP contribution in [0.25, 0.3) is 0 Å². The molecule has 21 heavy (non-hydrogen) atoms. The van der Waals surface area contributed by atoms with E-state index in [1.807, 2.05) is 7.05 Å². The second-order valence-electron chi connectivity index (χ2n) is 6.46. The summed E-state index contributed by atoms with van der Waals surface area (Å²) in [5, 5.41) is 3.30. The van der Waals surface area contributed by atoms with Gasteiger partial charge >= 0.3 is 0 Å². The summed E-state index contributed by atoms with van der Waals surface area (Å²) >= 11 is 0. The molecule has 0 radical (unpaired) electrons. The molecular formula is C17H26F2N2. The first-order valence-electron chi connectivity index (χ1n) is 7.82. The number of nitrogens with one attached hydrogen (secondary N) is 1. The van der Waals surface area contributed by atoms with Crippen molar-refractivity contribution in [3.05, 3.63) is 35.4 Å². The molecule has 1 aromatic rings. The lowest BCUT2D eigenvalue weighted by Gasteiger charge is -2.46. The van der Waals surface area contributed by atoms with E-state index < -0.39 is 11.6 Å². The van der Waals surface area contributed by atoms with Crippen LogP contribution in [0, 0.1) is 11.6 Å². The maximum Gasteiger partial charge on any atom is 0.162 e. The molecule has 1 unspecified atom stereocenters. The maximum absolute atomic E-state index is 13.9. The summed E-state index contributed by atoms with van der Waals surface area (Å²) in [6.45, 7) is 6.54. The molecule has 1 atom stereocenters. The molecular weight excluding hydrogens is 270 g/mol. The second kappa shape index (κ2) is 6.84. The van der Waals surface area contributed by atoms with Crippen LogP contribution in [0.2, 0.25) is 0 Å². The van der Waals surface area contributed by atoms with Crippen LogP contribution in [0.3, 0.4) is 0 Å². The van der Waals surface area contributed by atoms with Crippen LogP contribution >= 0.6 is 0 Å². The van der Waals surface area contributed by atoms with Gasteiger partial charge in [-0.1, -0.05) is 18.6 Å². The number of nitrogens with zero attached hydrogens (tertiary/aromatic N) is 1. The Bertz CT molecular complexity index is 468. The Kier molecular flexibility index (Phi) is 5.33. The van der Waals surface area contributed by atoms with Gasteiger partial charge in [-0.15, -0.1) is 0 Å². The molecule has 0 saturated carbocycles.